The number of phenolic OH excluding ortho intramolecular Hbond substituents is 1. The number of nitrogens with two attached hydrogens (primary N) is 1. The van der Waals surface area contributed by atoms with Crippen molar-refractivity contribution in [2.75, 3.05) is 13.1 Å². The lowest BCUT2D eigenvalue weighted by Crippen LogP contribution is -2.47. The zero-order chi connectivity index (χ0) is 40.6. The fraction of sp³-hybridized carbons (Fsp3) is 0.458. The number of aliphatic hydroxyl groups excluding tert-OH is 3. The minimum Gasteiger partial charge on any atom is -0.508 e. The maximum atomic E-state index is 13.2. The second-order valence-corrected chi connectivity index (χ2v) is 17.7. The number of rotatable bonds is 6. The van der Waals surface area contributed by atoms with Crippen LogP contribution in [0, 0.1) is 47.0 Å². The van der Waals surface area contributed by atoms with Crippen LogP contribution in [0.25, 0.3) is 0 Å². The number of ether oxygens (including phenoxy) is 2. The number of benzene rings is 2. The number of hydrogen-bond donors (Lipinski definition) is 6. The number of hydrogen-bond acceptors (Lipinski definition) is 11. The summed E-state index contributed by atoms with van der Waals surface area (Å²) in [5.74, 6) is 9.90. The van der Waals surface area contributed by atoms with Crippen LogP contribution in [0.3, 0.4) is 0 Å². The van der Waals surface area contributed by atoms with Crippen molar-refractivity contribution in [2.45, 2.75) is 101 Å². The van der Waals surface area contributed by atoms with Crippen LogP contribution < -0.4 is 20.5 Å². The van der Waals surface area contributed by atoms with Gasteiger partial charge in [0.1, 0.15) is 23.7 Å². The fourth-order valence-corrected chi connectivity index (χ4v) is 10.7. The maximum Gasteiger partial charge on any atom is 0.187 e. The maximum absolute atomic E-state index is 13.2. The zero-order valence-electron chi connectivity index (χ0n) is 33.1. The number of aliphatic hydroxyl groups is 3. The second kappa shape index (κ2) is 14.8. The molecule has 2 aromatic carbocycles. The first-order valence-corrected chi connectivity index (χ1v) is 21.1. The molecule has 11 heteroatoms. The Hall–Kier alpha value is -5.14. The molecule has 5 heterocycles. The highest BCUT2D eigenvalue weighted by molar-refractivity contribution is 6.10. The van der Waals surface area contributed by atoms with Crippen molar-refractivity contribution >= 4 is 11.5 Å². The molecule has 2 aromatic rings. The summed E-state index contributed by atoms with van der Waals surface area (Å²) in [6.07, 6.45) is 15.7. The van der Waals surface area contributed by atoms with E-state index in [4.69, 9.17) is 20.2 Å². The predicted octanol–water partition coefficient (Wildman–Crippen LogP) is 5.04. The molecule has 11 nitrogen and oxygen atoms in total. The molecule has 7 N–H and O–H groups in total. The van der Waals surface area contributed by atoms with Gasteiger partial charge in [-0.05, 0) is 71.1 Å². The van der Waals surface area contributed by atoms with E-state index < -0.39 is 41.8 Å². The third-order valence-corrected chi connectivity index (χ3v) is 13.9. The van der Waals surface area contributed by atoms with Gasteiger partial charge in [-0.15, -0.1) is 0 Å². The van der Waals surface area contributed by atoms with E-state index in [9.17, 15) is 25.2 Å². The van der Waals surface area contributed by atoms with Crippen LogP contribution in [0.2, 0.25) is 0 Å². The van der Waals surface area contributed by atoms with Crippen molar-refractivity contribution in [2.24, 2.45) is 33.9 Å². The number of phenols is 1. The van der Waals surface area contributed by atoms with Gasteiger partial charge in [-0.3, -0.25) is 15.1 Å². The van der Waals surface area contributed by atoms with E-state index in [-0.39, 0.29) is 60.5 Å². The zero-order valence-corrected chi connectivity index (χ0v) is 33.1. The number of fused-ring (bicyclic) bond motifs is 6. The Morgan fingerprint density at radius 1 is 1.08 bits per heavy atom. The van der Waals surface area contributed by atoms with E-state index in [1.807, 2.05) is 37.4 Å². The molecule has 304 valence electrons. The summed E-state index contributed by atoms with van der Waals surface area (Å²) in [5, 5.41) is 48.2. The molecule has 1 saturated carbocycles. The minimum atomic E-state index is -1.09. The van der Waals surface area contributed by atoms with Gasteiger partial charge in [0.15, 0.2) is 17.7 Å². The fourth-order valence-electron chi connectivity index (χ4n) is 10.7. The molecule has 1 fully saturated rings. The molecule has 5 aliphatic heterocycles. The Morgan fingerprint density at radius 3 is 2.75 bits per heavy atom. The SMILES string of the molecule is C[C@H]1C=C[C@@H]([C@@H](O)CC(=O)CCc2cc3c(cc2O)OC#CC2(CCCC2)[C@@H]2C#C[C@@H](O)c4ccc5c6c4[C@H](C=C[C@H]6CN[C@H]5N)C4=CN=C5CN(C=C45)[C@@H]2O3)[C@@H](O)C1. The summed E-state index contributed by atoms with van der Waals surface area (Å²) in [7, 11) is 0. The van der Waals surface area contributed by atoms with Crippen molar-refractivity contribution in [1.29, 1.82) is 0 Å². The smallest absolute Gasteiger partial charge is 0.187 e. The number of nitrogens with zero attached hydrogens (tertiary/aromatic N) is 2. The summed E-state index contributed by atoms with van der Waals surface area (Å²) < 4.78 is 13.2. The van der Waals surface area contributed by atoms with Crippen LogP contribution in [0.15, 0.2) is 77.1 Å². The first-order valence-electron chi connectivity index (χ1n) is 21.1. The molecule has 10 atom stereocenters. The van der Waals surface area contributed by atoms with E-state index in [1.165, 1.54) is 6.07 Å². The Bertz CT molecular complexity index is 2390. The number of allylic oxidation sites excluding steroid dienone is 3. The van der Waals surface area contributed by atoms with Crippen LogP contribution in [0.1, 0.15) is 104 Å². The van der Waals surface area contributed by atoms with E-state index >= 15 is 0 Å². The molecule has 59 heavy (non-hydrogen) atoms. The largest absolute Gasteiger partial charge is 0.508 e. The second-order valence-electron chi connectivity index (χ2n) is 17.7. The average molecular weight is 795 g/mol. The van der Waals surface area contributed by atoms with Gasteiger partial charge < -0.3 is 40.5 Å². The summed E-state index contributed by atoms with van der Waals surface area (Å²) in [4.78, 5) is 20.3. The van der Waals surface area contributed by atoms with Gasteiger partial charge in [-0.2, -0.15) is 0 Å². The third-order valence-electron chi connectivity index (χ3n) is 13.9. The molecular formula is C48H50N4O7. The first-order chi connectivity index (χ1) is 28.6. The van der Waals surface area contributed by atoms with Gasteiger partial charge in [0.2, 0.25) is 0 Å². The summed E-state index contributed by atoms with van der Waals surface area (Å²) in [6.45, 7) is 3.19. The highest BCUT2D eigenvalue weighted by atomic mass is 16.5. The quantitative estimate of drug-likeness (QED) is 0.172. The average Bonchev–Trinajstić information content (AvgIpc) is 3.96. The Balaban J connectivity index is 1.02. The summed E-state index contributed by atoms with van der Waals surface area (Å²) in [5.41, 5.74) is 13.5. The number of aromatic hydroxyl groups is 1. The molecule has 0 radical (unpaired) electrons. The molecule has 0 amide bonds. The Kier molecular flexibility index (Phi) is 9.58. The number of aliphatic imine (C=N–C) groups is 1. The van der Waals surface area contributed by atoms with Gasteiger partial charge >= 0.3 is 0 Å². The highest BCUT2D eigenvalue weighted by Crippen LogP contribution is 2.52. The van der Waals surface area contributed by atoms with Crippen molar-refractivity contribution in [3.8, 4) is 41.1 Å². The van der Waals surface area contributed by atoms with Crippen molar-refractivity contribution in [1.82, 2.24) is 10.2 Å². The lowest BCUT2D eigenvalue weighted by molar-refractivity contribution is -0.122. The summed E-state index contributed by atoms with van der Waals surface area (Å²) in [6, 6.07) is 7.20. The Morgan fingerprint density at radius 2 is 1.92 bits per heavy atom. The first kappa shape index (κ1) is 38.1. The lowest BCUT2D eigenvalue weighted by atomic mass is 9.71. The number of nitrogens with one attached hydrogen (secondary N) is 1. The number of ketones is 1. The van der Waals surface area contributed by atoms with Gasteiger partial charge in [0, 0.05) is 61.2 Å². The number of Topliss-reactive ketones (excluding diaryl/α,β-unsaturated/α-hetero) is 1. The number of aryl methyl sites for hydroxylation is 1. The van der Waals surface area contributed by atoms with E-state index in [1.54, 1.807) is 6.07 Å². The molecule has 0 unspecified atom stereocenters. The van der Waals surface area contributed by atoms with Crippen LogP contribution in [0.4, 0.5) is 0 Å². The molecular weight excluding hydrogens is 745 g/mol. The lowest BCUT2D eigenvalue weighted by Gasteiger charge is -2.39. The highest BCUT2D eigenvalue weighted by Gasteiger charge is 2.49. The van der Waals surface area contributed by atoms with Gasteiger partial charge in [0.25, 0.3) is 0 Å². The van der Waals surface area contributed by atoms with Crippen LogP contribution in [-0.2, 0) is 11.2 Å². The van der Waals surface area contributed by atoms with Crippen LogP contribution in [-0.4, -0.2) is 68.3 Å². The predicted molar refractivity (Wildman–Crippen MR) is 221 cm³/mol. The molecule has 0 saturated heterocycles. The topological polar surface area (TPSA) is 170 Å². The molecule has 3 aliphatic carbocycles. The molecule has 1 spiro atoms. The van der Waals surface area contributed by atoms with Crippen molar-refractivity contribution in [3.63, 3.8) is 0 Å². The van der Waals surface area contributed by atoms with Gasteiger partial charge in [-0.1, -0.05) is 74.0 Å². The van der Waals surface area contributed by atoms with E-state index in [0.29, 0.717) is 30.8 Å². The molecule has 0 aromatic heterocycles. The molecule has 8 aliphatic rings. The van der Waals surface area contributed by atoms with Gasteiger partial charge in [0.05, 0.1) is 42.0 Å². The van der Waals surface area contributed by atoms with Gasteiger partial charge in [-0.25, -0.2) is 0 Å². The summed E-state index contributed by atoms with van der Waals surface area (Å²) >= 11 is 0. The van der Waals surface area contributed by atoms with Crippen LogP contribution in [0.5, 0.6) is 17.2 Å². The van der Waals surface area contributed by atoms with E-state index in [2.05, 4.69) is 52.4 Å². The number of carbonyl (C=O) groups is 1. The standard InChI is InChI=1S/C48H50N4O7/c1-26-4-8-31(40(56)18-26)41(57)20-29(53)7-5-27-19-43-42(21-39(27)55)58-17-16-48(14-2-3-15-48)36-12-13-38(54)32-10-11-33-44-28(22-51-46(33)49)6-9-30(45(32)44)34-23-50-37-25-52(24-35(34)37)47(36)59-43/h4,6,8-11,19,21,23-24,26,28,30-31,36,38,40-41,46-47,51,54-57H,2-3,5,7,14-15,18,20,22,25,49H2,1H3/t26-,28-,30+,31+,36+,38+,40-,41-,46+,47+/m0/s1. The monoisotopic (exact) mass is 794 g/mol. The van der Waals surface area contributed by atoms with E-state index in [0.717, 1.165) is 64.8 Å². The Labute approximate surface area is 344 Å². The molecule has 10 rings (SSSR count). The third kappa shape index (κ3) is 6.61. The molecule has 2 bridgehead atoms. The van der Waals surface area contributed by atoms with Crippen molar-refractivity contribution in [3.05, 3.63) is 99.9 Å². The van der Waals surface area contributed by atoms with Crippen molar-refractivity contribution < 1.29 is 34.7 Å². The number of carbonyl (C=O) groups excluding carboxylic acids is 1. The normalized spacial score (nSPS) is 31.9. The van der Waals surface area contributed by atoms with Crippen LogP contribution >= 0.6 is 0 Å². The minimum absolute atomic E-state index is 0.0579.